The molecular formula is C21H20ClNO3. The zero-order valence-corrected chi connectivity index (χ0v) is 15.4. The highest BCUT2D eigenvalue weighted by Gasteiger charge is 2.27. The summed E-state index contributed by atoms with van der Waals surface area (Å²) in [5.74, 6) is 2.65. The monoisotopic (exact) mass is 369 g/mol. The lowest BCUT2D eigenvalue weighted by atomic mass is 9.95. The Kier molecular flexibility index (Phi) is 4.37. The van der Waals surface area contributed by atoms with Crippen molar-refractivity contribution in [1.29, 1.82) is 0 Å². The first-order valence-electron chi connectivity index (χ1n) is 8.85. The zero-order chi connectivity index (χ0) is 16.8. The van der Waals surface area contributed by atoms with Crippen LogP contribution in [0.25, 0.3) is 22.0 Å². The van der Waals surface area contributed by atoms with Crippen molar-refractivity contribution >= 4 is 10.8 Å². The standard InChI is InChI=1S/C21H20NO3.ClH/c1-2-7-23-17-4-3-14-9-19-18-11-21-20(24-13-25-21)10-15(18)5-6-22(19)12-16(14)8-17;/h3-4,8-12H,2,5-7,13H2,1H3;1H/q+1;/p-1. The molecule has 5 heteroatoms. The quantitative estimate of drug-likeness (QED) is 0.642. The predicted molar refractivity (Wildman–Crippen MR) is 95.2 cm³/mol. The van der Waals surface area contributed by atoms with Gasteiger partial charge in [0.2, 0.25) is 12.5 Å². The summed E-state index contributed by atoms with van der Waals surface area (Å²) in [6.45, 7) is 4.16. The van der Waals surface area contributed by atoms with Crippen LogP contribution in [0.3, 0.4) is 0 Å². The zero-order valence-electron chi connectivity index (χ0n) is 14.6. The van der Waals surface area contributed by atoms with Gasteiger partial charge in [-0.25, -0.2) is 0 Å². The van der Waals surface area contributed by atoms with E-state index in [1.165, 1.54) is 27.6 Å². The van der Waals surface area contributed by atoms with Gasteiger partial charge in [0.25, 0.3) is 0 Å². The first kappa shape index (κ1) is 17.0. The summed E-state index contributed by atoms with van der Waals surface area (Å²) in [5.41, 5.74) is 3.80. The molecule has 0 spiro atoms. The van der Waals surface area contributed by atoms with Crippen LogP contribution in [0.4, 0.5) is 0 Å². The van der Waals surface area contributed by atoms with E-state index >= 15 is 0 Å². The van der Waals surface area contributed by atoms with Crippen molar-refractivity contribution in [1.82, 2.24) is 0 Å². The largest absolute Gasteiger partial charge is 1.00 e. The minimum absolute atomic E-state index is 0. The van der Waals surface area contributed by atoms with E-state index in [2.05, 4.69) is 54.1 Å². The number of aromatic nitrogens is 1. The topological polar surface area (TPSA) is 31.6 Å². The molecule has 3 aromatic rings. The summed E-state index contributed by atoms with van der Waals surface area (Å²) in [6.07, 6.45) is 4.25. The van der Waals surface area contributed by atoms with Gasteiger partial charge in [-0.2, -0.15) is 4.57 Å². The molecule has 2 aliphatic heterocycles. The maximum Gasteiger partial charge on any atom is 0.231 e. The Bertz CT molecular complexity index is 987. The fraction of sp³-hybridized carbons (Fsp3) is 0.286. The van der Waals surface area contributed by atoms with Gasteiger partial charge in [0.1, 0.15) is 5.75 Å². The van der Waals surface area contributed by atoms with Crippen LogP contribution in [-0.2, 0) is 13.0 Å². The van der Waals surface area contributed by atoms with Crippen LogP contribution >= 0.6 is 0 Å². The fourth-order valence-electron chi connectivity index (χ4n) is 3.66. The van der Waals surface area contributed by atoms with Gasteiger partial charge in [-0.05, 0) is 41.6 Å². The predicted octanol–water partition coefficient (Wildman–Crippen LogP) is 0.872. The molecule has 134 valence electrons. The van der Waals surface area contributed by atoms with Crippen molar-refractivity contribution in [3.63, 3.8) is 0 Å². The van der Waals surface area contributed by atoms with Crippen LogP contribution in [0, 0.1) is 0 Å². The molecule has 0 radical (unpaired) electrons. The Morgan fingerprint density at radius 2 is 1.88 bits per heavy atom. The highest BCUT2D eigenvalue weighted by atomic mass is 35.5. The third-order valence-corrected chi connectivity index (χ3v) is 4.92. The summed E-state index contributed by atoms with van der Waals surface area (Å²) in [6, 6.07) is 12.8. The van der Waals surface area contributed by atoms with E-state index in [-0.39, 0.29) is 12.4 Å². The van der Waals surface area contributed by atoms with Crippen LogP contribution in [0.15, 0.2) is 42.6 Å². The lowest BCUT2D eigenvalue weighted by molar-refractivity contribution is -0.686. The molecule has 0 amide bonds. The minimum Gasteiger partial charge on any atom is -1.00 e. The molecule has 0 saturated carbocycles. The van der Waals surface area contributed by atoms with Crippen LogP contribution < -0.4 is 31.2 Å². The van der Waals surface area contributed by atoms with E-state index in [1.54, 1.807) is 0 Å². The number of pyridine rings is 1. The number of aryl methyl sites for hydroxylation is 2. The Morgan fingerprint density at radius 3 is 2.73 bits per heavy atom. The van der Waals surface area contributed by atoms with Crippen molar-refractivity contribution in [3.05, 3.63) is 48.2 Å². The van der Waals surface area contributed by atoms with Crippen molar-refractivity contribution in [3.8, 4) is 28.5 Å². The number of rotatable bonds is 3. The molecule has 5 rings (SSSR count). The molecule has 26 heavy (non-hydrogen) atoms. The number of hydrogen-bond donors (Lipinski definition) is 0. The summed E-state index contributed by atoms with van der Waals surface area (Å²) in [7, 11) is 0. The number of fused-ring (bicyclic) bond motifs is 5. The molecule has 0 fully saturated rings. The van der Waals surface area contributed by atoms with Gasteiger partial charge in [-0.3, -0.25) is 0 Å². The van der Waals surface area contributed by atoms with Crippen LogP contribution in [0.2, 0.25) is 0 Å². The van der Waals surface area contributed by atoms with E-state index in [0.717, 1.165) is 43.2 Å². The van der Waals surface area contributed by atoms with E-state index in [1.807, 2.05) is 0 Å². The third kappa shape index (κ3) is 2.74. The first-order chi connectivity index (χ1) is 12.3. The van der Waals surface area contributed by atoms with Gasteiger partial charge < -0.3 is 26.6 Å². The third-order valence-electron chi connectivity index (χ3n) is 4.92. The van der Waals surface area contributed by atoms with Gasteiger partial charge in [0.15, 0.2) is 24.2 Å². The van der Waals surface area contributed by atoms with Crippen molar-refractivity contribution in [2.45, 2.75) is 26.3 Å². The highest BCUT2D eigenvalue weighted by molar-refractivity contribution is 5.86. The summed E-state index contributed by atoms with van der Waals surface area (Å²) < 4.78 is 19.2. The first-order valence-corrected chi connectivity index (χ1v) is 8.85. The second-order valence-corrected chi connectivity index (χ2v) is 6.60. The maximum atomic E-state index is 5.77. The average molecular weight is 370 g/mol. The molecule has 0 aliphatic carbocycles. The second kappa shape index (κ2) is 6.69. The molecule has 1 aromatic heterocycles. The molecule has 3 heterocycles. The highest BCUT2D eigenvalue weighted by Crippen LogP contribution is 2.40. The number of halogens is 1. The van der Waals surface area contributed by atoms with Crippen LogP contribution in [-0.4, -0.2) is 13.4 Å². The van der Waals surface area contributed by atoms with Gasteiger partial charge in [0.05, 0.1) is 12.2 Å². The molecule has 2 aliphatic rings. The average Bonchev–Trinajstić information content (AvgIpc) is 3.10. The molecule has 2 aromatic carbocycles. The SMILES string of the molecule is CCCOc1ccc2cc3[n+](cc2c1)CCc1cc2c(cc1-3)OCO2.[Cl-]. The summed E-state index contributed by atoms with van der Waals surface area (Å²) in [5, 5.41) is 2.43. The molecule has 0 N–H and O–H groups in total. The van der Waals surface area contributed by atoms with Gasteiger partial charge in [0, 0.05) is 17.9 Å². The van der Waals surface area contributed by atoms with Gasteiger partial charge in [-0.15, -0.1) is 0 Å². The lowest BCUT2D eigenvalue weighted by Gasteiger charge is -2.16. The molecule has 0 saturated heterocycles. The fourth-order valence-corrected chi connectivity index (χ4v) is 3.66. The van der Waals surface area contributed by atoms with E-state index in [9.17, 15) is 0 Å². The Labute approximate surface area is 158 Å². The Balaban J connectivity index is 0.00000168. The molecule has 0 atom stereocenters. The van der Waals surface area contributed by atoms with Crippen LogP contribution in [0.5, 0.6) is 17.2 Å². The molecular weight excluding hydrogens is 350 g/mol. The minimum atomic E-state index is 0. The van der Waals surface area contributed by atoms with Gasteiger partial charge in [-0.1, -0.05) is 13.0 Å². The molecule has 0 unspecified atom stereocenters. The van der Waals surface area contributed by atoms with Crippen molar-refractivity contribution in [2.75, 3.05) is 13.4 Å². The van der Waals surface area contributed by atoms with E-state index in [4.69, 9.17) is 14.2 Å². The number of benzene rings is 2. The number of ether oxygens (including phenoxy) is 3. The maximum absolute atomic E-state index is 5.77. The summed E-state index contributed by atoms with van der Waals surface area (Å²) in [4.78, 5) is 0. The normalized spacial score (nSPS) is 13.7. The van der Waals surface area contributed by atoms with E-state index < -0.39 is 0 Å². The van der Waals surface area contributed by atoms with Gasteiger partial charge >= 0.3 is 0 Å². The van der Waals surface area contributed by atoms with Crippen LogP contribution in [0.1, 0.15) is 18.9 Å². The lowest BCUT2D eigenvalue weighted by Crippen LogP contribution is -3.00. The Hall–Kier alpha value is -2.46. The van der Waals surface area contributed by atoms with Crippen molar-refractivity contribution < 1.29 is 31.2 Å². The number of hydrogen-bond acceptors (Lipinski definition) is 3. The van der Waals surface area contributed by atoms with E-state index in [0.29, 0.717) is 6.79 Å². The molecule has 0 bridgehead atoms. The second-order valence-electron chi connectivity index (χ2n) is 6.60. The number of nitrogens with zero attached hydrogens (tertiary/aromatic N) is 1. The smallest absolute Gasteiger partial charge is 0.231 e. The Morgan fingerprint density at radius 1 is 1.04 bits per heavy atom. The van der Waals surface area contributed by atoms with Crippen molar-refractivity contribution in [2.24, 2.45) is 0 Å². The molecule has 4 nitrogen and oxygen atoms in total. The summed E-state index contributed by atoms with van der Waals surface area (Å²) >= 11 is 0.